The number of amides is 1. The van der Waals surface area contributed by atoms with E-state index in [1.54, 1.807) is 0 Å². The summed E-state index contributed by atoms with van der Waals surface area (Å²) in [4.78, 5) is 12.3. The van der Waals surface area contributed by atoms with Crippen molar-refractivity contribution in [3.8, 4) is 11.8 Å². The summed E-state index contributed by atoms with van der Waals surface area (Å²) >= 11 is 0. The molecular weight excluding hydrogens is 254 g/mol. The molecule has 4 heteroatoms. The summed E-state index contributed by atoms with van der Waals surface area (Å²) in [7, 11) is 0. The minimum atomic E-state index is -0.744. The van der Waals surface area contributed by atoms with Crippen molar-refractivity contribution >= 4 is 11.6 Å². The molecular formula is C16H19NO3. The molecule has 2 N–H and O–H groups in total. The highest BCUT2D eigenvalue weighted by molar-refractivity contribution is 5.98. The molecule has 0 aromatic heterocycles. The first-order chi connectivity index (χ1) is 9.65. The smallest absolute Gasteiger partial charge is 0.256 e. The van der Waals surface area contributed by atoms with Gasteiger partial charge in [0.2, 0.25) is 0 Å². The number of carbonyl (C=O) groups excluding carboxylic acids is 1. The van der Waals surface area contributed by atoms with Gasteiger partial charge in [-0.2, -0.15) is 0 Å². The standard InChI is InChI=1S/C16H19NO3/c1-16(10-6-12-20-16)15(19)17-14-9-3-2-7-13(14)8-4-5-11-18/h2-3,7,9,18H,5-6,10-12H2,1H3,(H,17,19). The van der Waals surface area contributed by atoms with Crippen molar-refractivity contribution in [1.82, 2.24) is 0 Å². The lowest BCUT2D eigenvalue weighted by molar-refractivity contribution is -0.133. The second kappa shape index (κ2) is 6.56. The molecule has 1 atom stereocenters. The van der Waals surface area contributed by atoms with Crippen molar-refractivity contribution in [1.29, 1.82) is 0 Å². The van der Waals surface area contributed by atoms with Crippen LogP contribution in [0.25, 0.3) is 0 Å². The highest BCUT2D eigenvalue weighted by atomic mass is 16.5. The van der Waals surface area contributed by atoms with Crippen molar-refractivity contribution in [2.45, 2.75) is 31.8 Å². The van der Waals surface area contributed by atoms with Gasteiger partial charge >= 0.3 is 0 Å². The van der Waals surface area contributed by atoms with E-state index in [-0.39, 0.29) is 12.5 Å². The predicted molar refractivity (Wildman–Crippen MR) is 77.2 cm³/mol. The van der Waals surface area contributed by atoms with E-state index in [9.17, 15) is 4.79 Å². The lowest BCUT2D eigenvalue weighted by Crippen LogP contribution is -2.39. The maximum Gasteiger partial charge on any atom is 0.256 e. The van der Waals surface area contributed by atoms with Gasteiger partial charge in [-0.25, -0.2) is 0 Å². The van der Waals surface area contributed by atoms with Crippen LogP contribution in [-0.4, -0.2) is 29.8 Å². The molecule has 20 heavy (non-hydrogen) atoms. The van der Waals surface area contributed by atoms with Gasteiger partial charge in [0, 0.05) is 18.6 Å². The summed E-state index contributed by atoms with van der Waals surface area (Å²) in [5, 5.41) is 11.6. The second-order valence-corrected chi connectivity index (χ2v) is 4.96. The number of aliphatic hydroxyl groups excluding tert-OH is 1. The van der Waals surface area contributed by atoms with Crippen molar-refractivity contribution in [3.63, 3.8) is 0 Å². The van der Waals surface area contributed by atoms with Crippen LogP contribution in [-0.2, 0) is 9.53 Å². The van der Waals surface area contributed by atoms with Gasteiger partial charge in [-0.3, -0.25) is 4.79 Å². The van der Waals surface area contributed by atoms with Gasteiger partial charge in [0.15, 0.2) is 0 Å². The summed E-state index contributed by atoms with van der Waals surface area (Å²) in [6, 6.07) is 7.38. The fourth-order valence-electron chi connectivity index (χ4n) is 2.13. The fraction of sp³-hybridized carbons (Fsp3) is 0.438. The topological polar surface area (TPSA) is 58.6 Å². The average molecular weight is 273 g/mol. The molecule has 106 valence electrons. The summed E-state index contributed by atoms with van der Waals surface area (Å²) in [5.74, 6) is 5.69. The number of ether oxygens (including phenoxy) is 1. The zero-order valence-corrected chi connectivity index (χ0v) is 11.6. The zero-order valence-electron chi connectivity index (χ0n) is 11.6. The highest BCUT2D eigenvalue weighted by Crippen LogP contribution is 2.27. The maximum absolute atomic E-state index is 12.3. The molecule has 1 aliphatic heterocycles. The first kappa shape index (κ1) is 14.6. The van der Waals surface area contributed by atoms with E-state index < -0.39 is 5.60 Å². The van der Waals surface area contributed by atoms with Crippen LogP contribution in [0.15, 0.2) is 24.3 Å². The Labute approximate surface area is 119 Å². The number of rotatable bonds is 3. The molecule has 0 spiro atoms. The second-order valence-electron chi connectivity index (χ2n) is 4.96. The Hall–Kier alpha value is -1.83. The molecule has 1 aromatic rings. The molecule has 0 radical (unpaired) electrons. The molecule has 4 nitrogen and oxygen atoms in total. The van der Waals surface area contributed by atoms with Gasteiger partial charge in [-0.05, 0) is 31.9 Å². The molecule has 2 rings (SSSR count). The molecule has 1 saturated heterocycles. The van der Waals surface area contributed by atoms with Crippen LogP contribution in [0.2, 0.25) is 0 Å². The first-order valence-corrected chi connectivity index (χ1v) is 6.80. The van der Waals surface area contributed by atoms with Crippen LogP contribution in [0.3, 0.4) is 0 Å². The van der Waals surface area contributed by atoms with Gasteiger partial charge in [-0.1, -0.05) is 24.0 Å². The van der Waals surface area contributed by atoms with Crippen LogP contribution in [0, 0.1) is 11.8 Å². The van der Waals surface area contributed by atoms with E-state index >= 15 is 0 Å². The fourth-order valence-corrected chi connectivity index (χ4v) is 2.13. The lowest BCUT2D eigenvalue weighted by Gasteiger charge is -2.22. The Kier molecular flexibility index (Phi) is 4.78. The number of nitrogens with one attached hydrogen (secondary N) is 1. The number of benzene rings is 1. The third-order valence-electron chi connectivity index (χ3n) is 3.33. The number of anilines is 1. The summed E-state index contributed by atoms with van der Waals surface area (Å²) in [5.41, 5.74) is 0.682. The maximum atomic E-state index is 12.3. The Morgan fingerprint density at radius 2 is 2.30 bits per heavy atom. The minimum Gasteiger partial charge on any atom is -0.395 e. The van der Waals surface area contributed by atoms with Gasteiger partial charge < -0.3 is 15.2 Å². The molecule has 1 amide bonds. The van der Waals surface area contributed by atoms with E-state index in [0.29, 0.717) is 18.7 Å². The van der Waals surface area contributed by atoms with Gasteiger partial charge in [-0.15, -0.1) is 0 Å². The molecule has 1 aromatic carbocycles. The van der Waals surface area contributed by atoms with Crippen molar-refractivity contribution in [2.24, 2.45) is 0 Å². The number of aliphatic hydroxyl groups is 1. The van der Waals surface area contributed by atoms with E-state index in [2.05, 4.69) is 17.2 Å². The highest BCUT2D eigenvalue weighted by Gasteiger charge is 2.37. The lowest BCUT2D eigenvalue weighted by atomic mass is 10.0. The van der Waals surface area contributed by atoms with Crippen molar-refractivity contribution in [3.05, 3.63) is 29.8 Å². The van der Waals surface area contributed by atoms with E-state index in [1.165, 1.54) is 0 Å². The van der Waals surface area contributed by atoms with E-state index in [0.717, 1.165) is 18.4 Å². The minimum absolute atomic E-state index is 0.0352. The number of carbonyl (C=O) groups is 1. The first-order valence-electron chi connectivity index (χ1n) is 6.80. The molecule has 0 bridgehead atoms. The largest absolute Gasteiger partial charge is 0.395 e. The molecule has 0 aliphatic carbocycles. The Morgan fingerprint density at radius 1 is 1.50 bits per heavy atom. The third-order valence-corrected chi connectivity index (χ3v) is 3.33. The van der Waals surface area contributed by atoms with Gasteiger partial charge in [0.05, 0.1) is 12.3 Å². The predicted octanol–water partition coefficient (Wildman–Crippen LogP) is 1.93. The van der Waals surface area contributed by atoms with E-state index in [1.807, 2.05) is 31.2 Å². The monoisotopic (exact) mass is 273 g/mol. The van der Waals surface area contributed by atoms with Gasteiger partial charge in [0.1, 0.15) is 5.60 Å². The number of para-hydroxylation sites is 1. The van der Waals surface area contributed by atoms with Crippen LogP contribution in [0.4, 0.5) is 5.69 Å². The Morgan fingerprint density at radius 3 is 3.00 bits per heavy atom. The van der Waals surface area contributed by atoms with Gasteiger partial charge in [0.25, 0.3) is 5.91 Å². The molecule has 1 aliphatic rings. The molecule has 0 saturated carbocycles. The molecule has 1 fully saturated rings. The average Bonchev–Trinajstić information content (AvgIpc) is 2.89. The summed E-state index contributed by atoms with van der Waals surface area (Å²) in [6.45, 7) is 2.48. The molecule has 1 unspecified atom stereocenters. The molecule has 1 heterocycles. The quantitative estimate of drug-likeness (QED) is 0.827. The Bertz CT molecular complexity index is 536. The normalized spacial score (nSPS) is 21.1. The van der Waals surface area contributed by atoms with Crippen LogP contribution in [0.5, 0.6) is 0 Å². The summed E-state index contributed by atoms with van der Waals surface area (Å²) < 4.78 is 5.53. The number of hydrogen-bond acceptors (Lipinski definition) is 3. The Balaban J connectivity index is 2.13. The van der Waals surface area contributed by atoms with Crippen LogP contribution < -0.4 is 5.32 Å². The summed E-state index contributed by atoms with van der Waals surface area (Å²) in [6.07, 6.45) is 2.06. The zero-order chi connectivity index (χ0) is 14.4. The van der Waals surface area contributed by atoms with Crippen molar-refractivity contribution < 1.29 is 14.6 Å². The van der Waals surface area contributed by atoms with Crippen molar-refractivity contribution in [2.75, 3.05) is 18.5 Å². The van der Waals surface area contributed by atoms with Crippen LogP contribution >= 0.6 is 0 Å². The van der Waals surface area contributed by atoms with Crippen LogP contribution in [0.1, 0.15) is 31.7 Å². The van der Waals surface area contributed by atoms with E-state index in [4.69, 9.17) is 9.84 Å². The number of hydrogen-bond donors (Lipinski definition) is 2. The SMILES string of the molecule is CC1(C(=O)Nc2ccccc2C#CCCO)CCCO1. The third kappa shape index (κ3) is 3.38.